The summed E-state index contributed by atoms with van der Waals surface area (Å²) in [6.45, 7) is 5.71. The first-order valence-electron chi connectivity index (χ1n) is 10.6. The van der Waals surface area contributed by atoms with E-state index in [0.717, 1.165) is 60.1 Å². The molecule has 0 radical (unpaired) electrons. The Labute approximate surface area is 180 Å². The molecule has 2 aromatic heterocycles. The van der Waals surface area contributed by atoms with E-state index < -0.39 is 0 Å². The van der Waals surface area contributed by atoms with E-state index in [-0.39, 0.29) is 5.92 Å². The second-order valence-corrected chi connectivity index (χ2v) is 7.72. The molecule has 1 aromatic carbocycles. The van der Waals surface area contributed by atoms with Gasteiger partial charge in [-0.15, -0.1) is 0 Å². The third-order valence-electron chi connectivity index (χ3n) is 5.75. The lowest BCUT2D eigenvalue weighted by atomic mass is 10.00. The minimum Gasteiger partial charge on any atom is -0.496 e. The number of fused-ring (bicyclic) bond motifs is 1. The van der Waals surface area contributed by atoms with Crippen LogP contribution in [-0.2, 0) is 13.0 Å². The maximum atomic E-state index is 5.76. The quantitative estimate of drug-likeness (QED) is 0.593. The zero-order valence-corrected chi connectivity index (χ0v) is 17.7. The molecule has 162 valence electrons. The number of ether oxygens (including phenoxy) is 3. The number of aromatic nitrogens is 4. The largest absolute Gasteiger partial charge is 0.496 e. The molecule has 5 rings (SSSR count). The third-order valence-corrected chi connectivity index (χ3v) is 5.75. The van der Waals surface area contributed by atoms with Crippen LogP contribution in [0, 0.1) is 0 Å². The fourth-order valence-corrected chi connectivity index (χ4v) is 4.21. The summed E-state index contributed by atoms with van der Waals surface area (Å²) in [5.41, 5.74) is 2.89. The van der Waals surface area contributed by atoms with Gasteiger partial charge >= 0.3 is 0 Å². The van der Waals surface area contributed by atoms with E-state index in [1.165, 1.54) is 0 Å². The second kappa shape index (κ2) is 8.50. The summed E-state index contributed by atoms with van der Waals surface area (Å²) in [6, 6.07) is 3.95. The number of hydrogen-bond donors (Lipinski definition) is 0. The molecule has 1 unspecified atom stereocenters. The van der Waals surface area contributed by atoms with Crippen molar-refractivity contribution >= 4 is 0 Å². The van der Waals surface area contributed by atoms with Gasteiger partial charge in [-0.05, 0) is 19.0 Å². The van der Waals surface area contributed by atoms with Crippen LogP contribution in [0.3, 0.4) is 0 Å². The van der Waals surface area contributed by atoms with Gasteiger partial charge in [-0.1, -0.05) is 12.1 Å². The van der Waals surface area contributed by atoms with Gasteiger partial charge < -0.3 is 18.7 Å². The normalized spacial score (nSPS) is 18.3. The van der Waals surface area contributed by atoms with E-state index in [1.54, 1.807) is 19.6 Å². The van der Waals surface area contributed by atoms with Gasteiger partial charge in [0.25, 0.3) is 0 Å². The number of likely N-dealkylation sites (tertiary alicyclic amines) is 1. The summed E-state index contributed by atoms with van der Waals surface area (Å²) in [6.07, 6.45) is 5.06. The highest BCUT2D eigenvalue weighted by molar-refractivity contribution is 5.57. The summed E-state index contributed by atoms with van der Waals surface area (Å²) < 4.78 is 22.3. The molecule has 0 bridgehead atoms. The Balaban J connectivity index is 1.35. The van der Waals surface area contributed by atoms with Crippen molar-refractivity contribution in [1.29, 1.82) is 0 Å². The summed E-state index contributed by atoms with van der Waals surface area (Å²) in [7, 11) is 1.68. The van der Waals surface area contributed by atoms with Gasteiger partial charge in [0.2, 0.25) is 11.7 Å². The van der Waals surface area contributed by atoms with Crippen LogP contribution < -0.4 is 14.2 Å². The van der Waals surface area contributed by atoms with Crippen molar-refractivity contribution < 1.29 is 18.7 Å². The molecule has 2 aliphatic heterocycles. The molecule has 0 aliphatic carbocycles. The predicted octanol–water partition coefficient (Wildman–Crippen LogP) is 2.86. The zero-order chi connectivity index (χ0) is 21.2. The van der Waals surface area contributed by atoms with Crippen LogP contribution in [0.4, 0.5) is 0 Å². The van der Waals surface area contributed by atoms with Crippen molar-refractivity contribution in [2.45, 2.75) is 32.2 Å². The zero-order valence-electron chi connectivity index (χ0n) is 17.7. The molecule has 0 amide bonds. The SMILES string of the molecule is CCc1nc(-c2cncnc2C2CCN(Cc3cc4c(cc3OC)OCCO4)C2)no1. The predicted molar refractivity (Wildman–Crippen MR) is 111 cm³/mol. The van der Waals surface area contributed by atoms with E-state index in [4.69, 9.17) is 18.7 Å². The van der Waals surface area contributed by atoms with E-state index in [2.05, 4.69) is 25.0 Å². The van der Waals surface area contributed by atoms with Crippen molar-refractivity contribution in [3.8, 4) is 28.6 Å². The summed E-state index contributed by atoms with van der Waals surface area (Å²) in [5, 5.41) is 4.12. The van der Waals surface area contributed by atoms with E-state index in [1.807, 2.05) is 19.1 Å². The van der Waals surface area contributed by atoms with Crippen molar-refractivity contribution in [2.24, 2.45) is 0 Å². The van der Waals surface area contributed by atoms with E-state index in [0.29, 0.717) is 31.3 Å². The number of aryl methyl sites for hydroxylation is 1. The van der Waals surface area contributed by atoms with Crippen LogP contribution >= 0.6 is 0 Å². The minimum absolute atomic E-state index is 0.268. The molecule has 9 nitrogen and oxygen atoms in total. The molecular weight excluding hydrogens is 398 g/mol. The molecule has 4 heterocycles. The molecule has 2 aliphatic rings. The van der Waals surface area contributed by atoms with Crippen LogP contribution in [0.1, 0.15) is 36.4 Å². The first-order chi connectivity index (χ1) is 15.2. The van der Waals surface area contributed by atoms with Crippen LogP contribution in [0.2, 0.25) is 0 Å². The summed E-state index contributed by atoms with van der Waals surface area (Å²) in [5.74, 6) is 3.77. The average Bonchev–Trinajstić information content (AvgIpc) is 3.48. The van der Waals surface area contributed by atoms with Gasteiger partial charge in [-0.2, -0.15) is 4.98 Å². The van der Waals surface area contributed by atoms with Gasteiger partial charge in [-0.25, -0.2) is 9.97 Å². The van der Waals surface area contributed by atoms with Gasteiger partial charge in [0.1, 0.15) is 25.3 Å². The van der Waals surface area contributed by atoms with Gasteiger partial charge in [0.05, 0.1) is 18.4 Å². The summed E-state index contributed by atoms with van der Waals surface area (Å²) in [4.78, 5) is 15.6. The molecule has 3 aromatic rings. The first kappa shape index (κ1) is 19.7. The van der Waals surface area contributed by atoms with Crippen LogP contribution in [0.5, 0.6) is 17.2 Å². The average molecular weight is 423 g/mol. The second-order valence-electron chi connectivity index (χ2n) is 7.72. The van der Waals surface area contributed by atoms with Crippen molar-refractivity contribution in [1.82, 2.24) is 25.0 Å². The van der Waals surface area contributed by atoms with Gasteiger partial charge in [-0.3, -0.25) is 4.90 Å². The third kappa shape index (κ3) is 3.93. The topological polar surface area (TPSA) is 95.6 Å². The number of nitrogens with zero attached hydrogens (tertiary/aromatic N) is 5. The maximum absolute atomic E-state index is 5.76. The highest BCUT2D eigenvalue weighted by atomic mass is 16.6. The molecule has 0 N–H and O–H groups in total. The minimum atomic E-state index is 0.268. The van der Waals surface area contributed by atoms with Crippen molar-refractivity contribution in [3.05, 3.63) is 41.8 Å². The van der Waals surface area contributed by atoms with Crippen LogP contribution in [0.15, 0.2) is 29.2 Å². The lowest BCUT2D eigenvalue weighted by molar-refractivity contribution is 0.170. The smallest absolute Gasteiger partial charge is 0.226 e. The Kier molecular flexibility index (Phi) is 5.42. The maximum Gasteiger partial charge on any atom is 0.226 e. The molecular formula is C22H25N5O4. The van der Waals surface area contributed by atoms with Crippen molar-refractivity contribution in [2.75, 3.05) is 33.4 Å². The monoisotopic (exact) mass is 423 g/mol. The lowest BCUT2D eigenvalue weighted by Gasteiger charge is -2.23. The van der Waals surface area contributed by atoms with Gasteiger partial charge in [0.15, 0.2) is 11.5 Å². The Hall–Kier alpha value is -3.20. The molecule has 9 heteroatoms. The Morgan fingerprint density at radius 1 is 1.19 bits per heavy atom. The highest BCUT2D eigenvalue weighted by Crippen LogP contribution is 2.38. The van der Waals surface area contributed by atoms with Crippen molar-refractivity contribution in [3.63, 3.8) is 0 Å². The fourth-order valence-electron chi connectivity index (χ4n) is 4.21. The van der Waals surface area contributed by atoms with E-state index in [9.17, 15) is 0 Å². The van der Waals surface area contributed by atoms with Crippen LogP contribution in [-0.4, -0.2) is 58.4 Å². The Bertz CT molecular complexity index is 1070. The van der Waals surface area contributed by atoms with Crippen LogP contribution in [0.25, 0.3) is 11.4 Å². The fraction of sp³-hybridized carbons (Fsp3) is 0.455. The molecule has 1 saturated heterocycles. The highest BCUT2D eigenvalue weighted by Gasteiger charge is 2.29. The number of methoxy groups -OCH3 is 1. The number of hydrogen-bond acceptors (Lipinski definition) is 9. The standard InChI is InChI=1S/C22H25N5O4/c1-3-20-25-22(26-31-20)16-10-23-13-24-21(16)14-4-5-27(11-14)12-15-8-18-19(9-17(15)28-2)30-7-6-29-18/h8-10,13-14H,3-7,11-12H2,1-2H3. The molecule has 0 spiro atoms. The Morgan fingerprint density at radius 3 is 2.81 bits per heavy atom. The van der Waals surface area contributed by atoms with E-state index >= 15 is 0 Å². The number of rotatable bonds is 6. The molecule has 0 saturated carbocycles. The summed E-state index contributed by atoms with van der Waals surface area (Å²) >= 11 is 0. The molecule has 1 atom stereocenters. The molecule has 1 fully saturated rings. The van der Waals surface area contributed by atoms with Gasteiger partial charge in [0, 0.05) is 43.3 Å². The number of benzene rings is 1. The Morgan fingerprint density at radius 2 is 2.03 bits per heavy atom. The lowest BCUT2D eigenvalue weighted by Crippen LogP contribution is -2.21. The molecule has 31 heavy (non-hydrogen) atoms. The first-order valence-corrected chi connectivity index (χ1v) is 10.6.